The fraction of sp³-hybridized carbons (Fsp3) is 0.733. The zero-order valence-corrected chi connectivity index (χ0v) is 11.9. The predicted octanol–water partition coefficient (Wildman–Crippen LogP) is 3.46. The van der Waals surface area contributed by atoms with Crippen LogP contribution in [0.25, 0.3) is 0 Å². The fourth-order valence-corrected chi connectivity index (χ4v) is 3.46. The Kier molecular flexibility index (Phi) is 2.89. The van der Waals surface area contributed by atoms with Crippen LogP contribution in [0, 0.1) is 16.7 Å². The second-order valence-corrected chi connectivity index (χ2v) is 7.33. The highest BCUT2D eigenvalue weighted by Gasteiger charge is 2.49. The molecule has 0 aromatic carbocycles. The van der Waals surface area contributed by atoms with Gasteiger partial charge in [-0.3, -0.25) is 0 Å². The van der Waals surface area contributed by atoms with E-state index in [1.54, 1.807) is 0 Å². The molecule has 1 saturated heterocycles. The third-order valence-electron chi connectivity index (χ3n) is 3.53. The number of nitrogens with one attached hydrogen (secondary N) is 1. The largest absolute Gasteiger partial charge is 0.364 e. The van der Waals surface area contributed by atoms with E-state index in [-0.39, 0.29) is 23.2 Å². The minimum atomic E-state index is 0.201. The first-order chi connectivity index (χ1) is 7.71. The van der Waals surface area contributed by atoms with Crippen molar-refractivity contribution in [3.05, 3.63) is 23.9 Å². The average Bonchev–Trinajstić information content (AvgIpc) is 2.82. The van der Waals surface area contributed by atoms with E-state index >= 15 is 0 Å². The van der Waals surface area contributed by atoms with Gasteiger partial charge in [0.25, 0.3) is 0 Å². The van der Waals surface area contributed by atoms with Crippen molar-refractivity contribution in [3.8, 4) is 0 Å². The monoisotopic (exact) mass is 235 g/mol. The topological polar surface area (TPSA) is 24.6 Å². The van der Waals surface area contributed by atoms with Crippen molar-refractivity contribution in [2.45, 2.75) is 53.9 Å². The maximum atomic E-state index is 5.71. The van der Waals surface area contributed by atoms with Crippen LogP contribution in [0.15, 0.2) is 23.9 Å². The van der Waals surface area contributed by atoms with Crippen LogP contribution in [0.3, 0.4) is 0 Å². The van der Waals surface area contributed by atoms with E-state index < -0.39 is 0 Å². The van der Waals surface area contributed by atoms with Crippen LogP contribution in [0.2, 0.25) is 0 Å². The molecule has 2 aliphatic heterocycles. The van der Waals surface area contributed by atoms with Crippen LogP contribution in [0.5, 0.6) is 0 Å². The van der Waals surface area contributed by atoms with E-state index in [0.717, 1.165) is 0 Å². The standard InChI is InChI=1S/C15H25NO/c1-14(2,3)12(15(4,5)6)10-8-7-9-16-13-11(10)17-13/h7-9,11-13,16H,1-6H3. The van der Waals surface area contributed by atoms with E-state index in [2.05, 4.69) is 59.0 Å². The molecule has 2 rings (SSSR count). The lowest BCUT2D eigenvalue weighted by Gasteiger charge is -2.42. The normalized spacial score (nSPS) is 28.3. The zero-order valence-electron chi connectivity index (χ0n) is 11.9. The number of epoxide rings is 1. The maximum absolute atomic E-state index is 5.71. The molecule has 0 spiro atoms. The van der Waals surface area contributed by atoms with Gasteiger partial charge in [-0.2, -0.15) is 0 Å². The molecular formula is C15H25NO. The first kappa shape index (κ1) is 12.7. The molecule has 96 valence electrons. The van der Waals surface area contributed by atoms with Crippen molar-refractivity contribution in [1.82, 2.24) is 5.32 Å². The highest BCUT2D eigenvalue weighted by molar-refractivity contribution is 5.29. The number of hydrogen-bond donors (Lipinski definition) is 1. The summed E-state index contributed by atoms with van der Waals surface area (Å²) in [6.07, 6.45) is 6.81. The molecule has 1 fully saturated rings. The highest BCUT2D eigenvalue weighted by atomic mass is 16.6. The number of rotatable bonds is 1. The lowest BCUT2D eigenvalue weighted by molar-refractivity contribution is 0.129. The third-order valence-corrected chi connectivity index (χ3v) is 3.53. The maximum Gasteiger partial charge on any atom is 0.158 e. The number of hydrogen-bond acceptors (Lipinski definition) is 2. The van der Waals surface area contributed by atoms with Crippen LogP contribution in [-0.4, -0.2) is 12.3 Å². The molecule has 0 amide bonds. The molecule has 0 aromatic heterocycles. The second-order valence-electron chi connectivity index (χ2n) is 7.33. The molecule has 2 heteroatoms. The van der Waals surface area contributed by atoms with Gasteiger partial charge in [0.2, 0.25) is 0 Å². The van der Waals surface area contributed by atoms with E-state index in [1.165, 1.54) is 5.57 Å². The summed E-state index contributed by atoms with van der Waals surface area (Å²) in [5, 5.41) is 3.25. The first-order valence-electron chi connectivity index (χ1n) is 6.49. The summed E-state index contributed by atoms with van der Waals surface area (Å²) in [4.78, 5) is 0. The number of fused-ring (bicyclic) bond motifs is 1. The first-order valence-corrected chi connectivity index (χ1v) is 6.49. The Morgan fingerprint density at radius 1 is 1.12 bits per heavy atom. The molecule has 2 atom stereocenters. The minimum Gasteiger partial charge on any atom is -0.364 e. The molecule has 0 bridgehead atoms. The molecule has 2 aliphatic rings. The van der Waals surface area contributed by atoms with Crippen LogP contribution in [0.1, 0.15) is 41.5 Å². The molecule has 0 aliphatic carbocycles. The average molecular weight is 235 g/mol. The summed E-state index contributed by atoms with van der Waals surface area (Å²) in [7, 11) is 0. The molecule has 2 heterocycles. The van der Waals surface area contributed by atoms with E-state index in [9.17, 15) is 0 Å². The second kappa shape index (κ2) is 3.88. The van der Waals surface area contributed by atoms with Crippen LogP contribution in [-0.2, 0) is 4.74 Å². The van der Waals surface area contributed by atoms with Gasteiger partial charge in [0.1, 0.15) is 6.10 Å². The molecule has 2 unspecified atom stereocenters. The Bertz CT molecular complexity index is 340. The van der Waals surface area contributed by atoms with Gasteiger partial charge in [-0.05, 0) is 34.6 Å². The smallest absolute Gasteiger partial charge is 0.158 e. The van der Waals surface area contributed by atoms with Crippen molar-refractivity contribution in [2.24, 2.45) is 16.7 Å². The van der Waals surface area contributed by atoms with Gasteiger partial charge in [-0.1, -0.05) is 47.6 Å². The Balaban J connectivity index is 2.34. The van der Waals surface area contributed by atoms with Gasteiger partial charge in [0, 0.05) is 0 Å². The van der Waals surface area contributed by atoms with Crippen LogP contribution >= 0.6 is 0 Å². The summed E-state index contributed by atoms with van der Waals surface area (Å²) in [6, 6.07) is 0. The van der Waals surface area contributed by atoms with Crippen molar-refractivity contribution >= 4 is 0 Å². The van der Waals surface area contributed by atoms with Crippen molar-refractivity contribution < 1.29 is 4.74 Å². The Hall–Kier alpha value is -0.760. The molecule has 17 heavy (non-hydrogen) atoms. The summed E-state index contributed by atoms with van der Waals surface area (Å²) in [5.41, 5.74) is 1.94. The number of ether oxygens (including phenoxy) is 1. The van der Waals surface area contributed by atoms with Crippen molar-refractivity contribution in [1.29, 1.82) is 0 Å². The van der Waals surface area contributed by atoms with Gasteiger partial charge in [0.05, 0.1) is 0 Å². The molecule has 0 aromatic rings. The quantitative estimate of drug-likeness (QED) is 0.704. The third kappa shape index (κ3) is 2.57. The molecule has 0 saturated carbocycles. The summed E-state index contributed by atoms with van der Waals surface area (Å²) in [5.74, 6) is 0.523. The van der Waals surface area contributed by atoms with Gasteiger partial charge in [-0.25, -0.2) is 0 Å². The predicted molar refractivity (Wildman–Crippen MR) is 71.4 cm³/mol. The molecule has 1 N–H and O–H groups in total. The Labute approximate surface area is 105 Å². The summed E-state index contributed by atoms with van der Waals surface area (Å²) < 4.78 is 5.71. The fourth-order valence-electron chi connectivity index (χ4n) is 3.46. The lowest BCUT2D eigenvalue weighted by Crippen LogP contribution is -2.36. The van der Waals surface area contributed by atoms with Crippen LogP contribution in [0.4, 0.5) is 0 Å². The van der Waals surface area contributed by atoms with Gasteiger partial charge < -0.3 is 10.1 Å². The Morgan fingerprint density at radius 2 is 1.71 bits per heavy atom. The van der Waals surface area contributed by atoms with Crippen molar-refractivity contribution in [3.63, 3.8) is 0 Å². The van der Waals surface area contributed by atoms with E-state index in [4.69, 9.17) is 4.74 Å². The summed E-state index contributed by atoms with van der Waals surface area (Å²) >= 11 is 0. The summed E-state index contributed by atoms with van der Waals surface area (Å²) in [6.45, 7) is 13.9. The van der Waals surface area contributed by atoms with Gasteiger partial charge in [-0.15, -0.1) is 0 Å². The zero-order chi connectivity index (χ0) is 12.8. The highest BCUT2D eigenvalue weighted by Crippen LogP contribution is 2.49. The SMILES string of the molecule is CC(C)(C)C(C1=CC=CNC2OC12)C(C)(C)C. The van der Waals surface area contributed by atoms with Crippen molar-refractivity contribution in [2.75, 3.05) is 0 Å². The van der Waals surface area contributed by atoms with E-state index in [1.807, 2.05) is 6.20 Å². The minimum absolute atomic E-state index is 0.201. The van der Waals surface area contributed by atoms with Crippen LogP contribution < -0.4 is 5.32 Å². The molecular weight excluding hydrogens is 210 g/mol. The molecule has 0 radical (unpaired) electrons. The molecule has 2 nitrogen and oxygen atoms in total. The lowest BCUT2D eigenvalue weighted by atomic mass is 9.62. The van der Waals surface area contributed by atoms with E-state index in [0.29, 0.717) is 5.92 Å². The number of allylic oxidation sites excluding steroid dienone is 2. The van der Waals surface area contributed by atoms with Gasteiger partial charge in [0.15, 0.2) is 6.23 Å². The Morgan fingerprint density at radius 3 is 2.24 bits per heavy atom. The van der Waals surface area contributed by atoms with Gasteiger partial charge >= 0.3 is 0 Å².